The lowest BCUT2D eigenvalue weighted by molar-refractivity contribution is -0.254. The fourth-order valence-electron chi connectivity index (χ4n) is 1.55. The Kier molecular flexibility index (Phi) is 3.52. The molecule has 0 spiro atoms. The Balaban J connectivity index is 2.39. The highest BCUT2D eigenvalue weighted by atomic mass is 32.2. The maximum Gasteiger partial charge on any atom is 0.261 e. The Morgan fingerprint density at radius 1 is 0.947 bits per heavy atom. The van der Waals surface area contributed by atoms with Crippen molar-refractivity contribution in [2.45, 2.75) is 4.90 Å². The number of nitrogens with one attached hydrogen (secondary N) is 1. The van der Waals surface area contributed by atoms with Gasteiger partial charge in [0.05, 0.1) is 16.6 Å². The van der Waals surface area contributed by atoms with Crippen molar-refractivity contribution < 1.29 is 18.3 Å². The van der Waals surface area contributed by atoms with Gasteiger partial charge in [-0.2, -0.15) is 0 Å². The van der Waals surface area contributed by atoms with E-state index in [1.54, 1.807) is 18.2 Å². The number of carboxylic acids is 1. The monoisotopic (exact) mass is 276 g/mol. The molecule has 0 amide bonds. The molecule has 0 unspecified atom stereocenters. The molecule has 0 aliphatic carbocycles. The van der Waals surface area contributed by atoms with Gasteiger partial charge >= 0.3 is 0 Å². The number of carbonyl (C=O) groups is 1. The molecule has 1 N–H and O–H groups in total. The van der Waals surface area contributed by atoms with Gasteiger partial charge in [-0.1, -0.05) is 36.4 Å². The van der Waals surface area contributed by atoms with Crippen molar-refractivity contribution in [3.8, 4) is 0 Å². The summed E-state index contributed by atoms with van der Waals surface area (Å²) < 4.78 is 26.3. The quantitative estimate of drug-likeness (QED) is 0.897. The first-order chi connectivity index (χ1) is 9.00. The molecule has 0 heterocycles. The van der Waals surface area contributed by atoms with E-state index in [-0.39, 0.29) is 16.1 Å². The summed E-state index contributed by atoms with van der Waals surface area (Å²) in [5.41, 5.74) is -0.228. The number of sulfonamides is 1. The third-order valence-electron chi connectivity index (χ3n) is 2.44. The highest BCUT2D eigenvalue weighted by Crippen LogP contribution is 2.19. The lowest BCUT2D eigenvalue weighted by Crippen LogP contribution is -2.24. The van der Waals surface area contributed by atoms with Crippen molar-refractivity contribution >= 4 is 21.7 Å². The van der Waals surface area contributed by atoms with E-state index in [4.69, 9.17) is 0 Å². The SMILES string of the molecule is O=C([O-])c1ccccc1NS(=O)(=O)c1ccccc1. The van der Waals surface area contributed by atoms with E-state index in [0.29, 0.717) is 0 Å². The van der Waals surface area contributed by atoms with Crippen molar-refractivity contribution in [1.29, 1.82) is 0 Å². The Hall–Kier alpha value is -2.34. The topological polar surface area (TPSA) is 86.3 Å². The molecule has 2 rings (SSSR count). The molecule has 98 valence electrons. The van der Waals surface area contributed by atoms with E-state index < -0.39 is 16.0 Å². The van der Waals surface area contributed by atoms with Crippen LogP contribution in [0.4, 0.5) is 5.69 Å². The van der Waals surface area contributed by atoms with Gasteiger partial charge in [0, 0.05) is 5.56 Å². The van der Waals surface area contributed by atoms with Crippen molar-refractivity contribution in [3.05, 3.63) is 60.2 Å². The second-order valence-corrected chi connectivity index (χ2v) is 5.43. The molecule has 0 atom stereocenters. The summed E-state index contributed by atoms with van der Waals surface area (Å²) in [7, 11) is -3.81. The maximum atomic E-state index is 12.1. The number of para-hydroxylation sites is 1. The Bertz CT molecular complexity index is 696. The largest absolute Gasteiger partial charge is 0.545 e. The number of carbonyl (C=O) groups excluding carboxylic acids is 1. The first kappa shape index (κ1) is 13.1. The fraction of sp³-hybridized carbons (Fsp3) is 0. The molecule has 0 radical (unpaired) electrons. The van der Waals surface area contributed by atoms with Gasteiger partial charge in [0.2, 0.25) is 0 Å². The van der Waals surface area contributed by atoms with Gasteiger partial charge in [-0.25, -0.2) is 8.42 Å². The molecule has 2 aromatic carbocycles. The second kappa shape index (κ2) is 5.11. The highest BCUT2D eigenvalue weighted by molar-refractivity contribution is 7.92. The number of hydrogen-bond acceptors (Lipinski definition) is 4. The Morgan fingerprint density at radius 2 is 1.53 bits per heavy atom. The summed E-state index contributed by atoms with van der Waals surface area (Å²) in [5.74, 6) is -1.44. The predicted molar refractivity (Wildman–Crippen MR) is 68.0 cm³/mol. The zero-order valence-corrected chi connectivity index (χ0v) is 10.6. The first-order valence-electron chi connectivity index (χ1n) is 5.39. The van der Waals surface area contributed by atoms with Crippen LogP contribution in [0.15, 0.2) is 59.5 Å². The average molecular weight is 276 g/mol. The van der Waals surface area contributed by atoms with E-state index in [2.05, 4.69) is 4.72 Å². The summed E-state index contributed by atoms with van der Waals surface area (Å²) in [6.45, 7) is 0. The number of carboxylic acid groups (broad SMARTS) is 1. The third kappa shape index (κ3) is 2.92. The van der Waals surface area contributed by atoms with Gasteiger partial charge in [-0.15, -0.1) is 0 Å². The molecule has 0 aromatic heterocycles. The average Bonchev–Trinajstić information content (AvgIpc) is 2.39. The Labute approximate surface area is 110 Å². The standard InChI is InChI=1S/C13H11NO4S/c15-13(16)11-8-4-5-9-12(11)14-19(17,18)10-6-2-1-3-7-10/h1-9,14H,(H,15,16)/p-1. The van der Waals surface area contributed by atoms with Crippen molar-refractivity contribution in [2.24, 2.45) is 0 Å². The molecule has 0 aliphatic rings. The minimum absolute atomic E-state index is 0.0219. The van der Waals surface area contributed by atoms with Crippen LogP contribution in [0, 0.1) is 0 Å². The smallest absolute Gasteiger partial charge is 0.261 e. The number of hydrogen-bond donors (Lipinski definition) is 1. The number of aromatic carboxylic acids is 1. The summed E-state index contributed by atoms with van der Waals surface area (Å²) in [4.78, 5) is 11.0. The molecular formula is C13H10NO4S-. The van der Waals surface area contributed by atoms with Crippen molar-refractivity contribution in [3.63, 3.8) is 0 Å². The molecule has 0 fully saturated rings. The number of benzene rings is 2. The highest BCUT2D eigenvalue weighted by Gasteiger charge is 2.15. The summed E-state index contributed by atoms with van der Waals surface area (Å²) in [5, 5.41) is 10.9. The number of anilines is 1. The molecular weight excluding hydrogens is 266 g/mol. The normalized spacial score (nSPS) is 10.9. The van der Waals surface area contributed by atoms with Crippen LogP contribution in [0.25, 0.3) is 0 Å². The lowest BCUT2D eigenvalue weighted by Gasteiger charge is -2.12. The molecule has 19 heavy (non-hydrogen) atoms. The first-order valence-corrected chi connectivity index (χ1v) is 6.87. The van der Waals surface area contributed by atoms with Crippen LogP contribution in [-0.2, 0) is 10.0 Å². The van der Waals surface area contributed by atoms with Crippen LogP contribution >= 0.6 is 0 Å². The molecule has 2 aromatic rings. The molecule has 5 nitrogen and oxygen atoms in total. The van der Waals surface area contributed by atoms with Crippen LogP contribution in [0.3, 0.4) is 0 Å². The van der Waals surface area contributed by atoms with Gasteiger partial charge in [0.25, 0.3) is 10.0 Å². The van der Waals surface area contributed by atoms with Crippen LogP contribution < -0.4 is 9.83 Å². The molecule has 0 bridgehead atoms. The second-order valence-electron chi connectivity index (χ2n) is 3.75. The maximum absolute atomic E-state index is 12.1. The fourth-order valence-corrected chi connectivity index (χ4v) is 2.65. The van der Waals surface area contributed by atoms with Gasteiger partial charge in [-0.3, -0.25) is 4.72 Å². The van der Waals surface area contributed by atoms with E-state index in [0.717, 1.165) is 0 Å². The van der Waals surface area contributed by atoms with E-state index in [1.165, 1.54) is 36.4 Å². The van der Waals surface area contributed by atoms with Gasteiger partial charge < -0.3 is 9.90 Å². The molecule has 0 aliphatic heterocycles. The zero-order valence-electron chi connectivity index (χ0n) is 9.74. The molecule has 6 heteroatoms. The van der Waals surface area contributed by atoms with Gasteiger partial charge in [0.1, 0.15) is 0 Å². The summed E-state index contributed by atoms with van der Waals surface area (Å²) in [6, 6.07) is 13.4. The van der Waals surface area contributed by atoms with E-state index in [1.807, 2.05) is 0 Å². The van der Waals surface area contributed by atoms with Crippen LogP contribution in [-0.4, -0.2) is 14.4 Å². The zero-order chi connectivity index (χ0) is 13.9. The van der Waals surface area contributed by atoms with Gasteiger partial charge in [-0.05, 0) is 18.2 Å². The summed E-state index contributed by atoms with van der Waals surface area (Å²) in [6.07, 6.45) is 0. The lowest BCUT2D eigenvalue weighted by atomic mass is 10.2. The Morgan fingerprint density at radius 3 is 2.16 bits per heavy atom. The number of rotatable bonds is 4. The molecule has 0 saturated heterocycles. The van der Waals surface area contributed by atoms with E-state index >= 15 is 0 Å². The molecule has 0 saturated carbocycles. The van der Waals surface area contributed by atoms with Crippen LogP contribution in [0.1, 0.15) is 10.4 Å². The predicted octanol–water partition coefficient (Wildman–Crippen LogP) is 0.851. The summed E-state index contributed by atoms with van der Waals surface area (Å²) >= 11 is 0. The van der Waals surface area contributed by atoms with Crippen molar-refractivity contribution in [2.75, 3.05) is 4.72 Å². The van der Waals surface area contributed by atoms with Crippen LogP contribution in [0.2, 0.25) is 0 Å². The van der Waals surface area contributed by atoms with E-state index in [9.17, 15) is 18.3 Å². The van der Waals surface area contributed by atoms with Crippen LogP contribution in [0.5, 0.6) is 0 Å². The minimum atomic E-state index is -3.81. The van der Waals surface area contributed by atoms with Gasteiger partial charge in [0.15, 0.2) is 0 Å². The van der Waals surface area contributed by atoms with Crippen molar-refractivity contribution in [1.82, 2.24) is 0 Å². The third-order valence-corrected chi connectivity index (χ3v) is 3.83. The minimum Gasteiger partial charge on any atom is -0.545 e.